The first-order valence-corrected chi connectivity index (χ1v) is 8.87. The van der Waals surface area contributed by atoms with Crippen LogP contribution in [-0.2, 0) is 16.1 Å². The number of hydrogen-bond donors (Lipinski definition) is 1. The predicted molar refractivity (Wildman–Crippen MR) is 97.2 cm³/mol. The molecule has 0 bridgehead atoms. The number of rotatable bonds is 8. The third kappa shape index (κ3) is 6.48. The van der Waals surface area contributed by atoms with Gasteiger partial charge in [-0.3, -0.25) is 14.5 Å². The number of likely N-dealkylation sites (tertiary alicyclic amines) is 1. The molecule has 138 valence electrons. The van der Waals surface area contributed by atoms with E-state index in [9.17, 15) is 9.59 Å². The summed E-state index contributed by atoms with van der Waals surface area (Å²) >= 11 is 0. The number of carboxylic acid groups (broad SMARTS) is 1. The van der Waals surface area contributed by atoms with Crippen molar-refractivity contribution in [2.24, 2.45) is 5.92 Å². The number of likely N-dealkylation sites (N-methyl/N-ethyl adjacent to an activating group) is 1. The van der Waals surface area contributed by atoms with E-state index in [0.717, 1.165) is 25.9 Å². The van der Waals surface area contributed by atoms with Crippen molar-refractivity contribution in [1.29, 1.82) is 0 Å². The maximum Gasteiger partial charge on any atom is 0.323 e. The van der Waals surface area contributed by atoms with Crippen molar-refractivity contribution in [3.05, 3.63) is 35.9 Å². The van der Waals surface area contributed by atoms with Gasteiger partial charge in [0.1, 0.15) is 6.54 Å². The Bertz CT molecular complexity index is 562. The molecule has 6 heteroatoms. The number of nitrogens with zero attached hydrogens (tertiary/aromatic N) is 3. The van der Waals surface area contributed by atoms with Gasteiger partial charge in [-0.15, -0.1) is 0 Å². The third-order valence-electron chi connectivity index (χ3n) is 4.56. The molecule has 1 aromatic rings. The fourth-order valence-corrected chi connectivity index (χ4v) is 3.25. The molecule has 0 aliphatic carbocycles. The molecule has 0 saturated carbocycles. The molecule has 1 fully saturated rings. The second kappa shape index (κ2) is 9.53. The first kappa shape index (κ1) is 19.4. The van der Waals surface area contributed by atoms with E-state index in [2.05, 4.69) is 17.0 Å². The maximum atomic E-state index is 12.9. The Labute approximate surface area is 150 Å². The molecule has 1 saturated heterocycles. The molecule has 1 aliphatic rings. The van der Waals surface area contributed by atoms with Crippen molar-refractivity contribution >= 4 is 11.9 Å². The first-order chi connectivity index (χ1) is 12.0. The van der Waals surface area contributed by atoms with Gasteiger partial charge >= 0.3 is 5.97 Å². The van der Waals surface area contributed by atoms with Crippen LogP contribution in [0.4, 0.5) is 0 Å². The normalized spacial score (nSPS) is 18.3. The van der Waals surface area contributed by atoms with Gasteiger partial charge in [-0.2, -0.15) is 0 Å². The van der Waals surface area contributed by atoms with Crippen molar-refractivity contribution in [2.75, 3.05) is 46.8 Å². The Morgan fingerprint density at radius 2 is 1.92 bits per heavy atom. The van der Waals surface area contributed by atoms with Crippen LogP contribution in [0.5, 0.6) is 0 Å². The van der Waals surface area contributed by atoms with E-state index in [4.69, 9.17) is 5.11 Å². The molecule has 1 heterocycles. The Balaban J connectivity index is 1.96. The lowest BCUT2D eigenvalue weighted by Crippen LogP contribution is -2.47. The third-order valence-corrected chi connectivity index (χ3v) is 4.56. The standard InChI is InChI=1S/C19H29N3O3/c1-20(2)11-12-22(15-18(23)24)19(25)17-9-6-10-21(14-17)13-16-7-4-3-5-8-16/h3-5,7-8,17H,6,9-15H2,1-2H3,(H,23,24)/t17-/m1/s1. The zero-order chi connectivity index (χ0) is 18.2. The van der Waals surface area contributed by atoms with Crippen LogP contribution < -0.4 is 0 Å². The van der Waals surface area contributed by atoms with Crippen LogP contribution >= 0.6 is 0 Å². The zero-order valence-electron chi connectivity index (χ0n) is 15.2. The second-order valence-electron chi connectivity index (χ2n) is 7.02. The van der Waals surface area contributed by atoms with Gasteiger partial charge in [0.05, 0.1) is 5.92 Å². The van der Waals surface area contributed by atoms with Crippen molar-refractivity contribution in [1.82, 2.24) is 14.7 Å². The number of benzene rings is 1. The number of aliphatic carboxylic acids is 1. The van der Waals surface area contributed by atoms with Gasteiger partial charge < -0.3 is 14.9 Å². The number of carbonyl (C=O) groups is 2. The van der Waals surface area contributed by atoms with Crippen LogP contribution in [0, 0.1) is 5.92 Å². The summed E-state index contributed by atoms with van der Waals surface area (Å²) in [6, 6.07) is 10.2. The quantitative estimate of drug-likeness (QED) is 0.770. The predicted octanol–water partition coefficient (Wildman–Crippen LogP) is 1.37. The van der Waals surface area contributed by atoms with Gasteiger partial charge in [0.15, 0.2) is 0 Å². The molecule has 6 nitrogen and oxygen atoms in total. The van der Waals surface area contributed by atoms with Gasteiger partial charge in [-0.25, -0.2) is 0 Å². The summed E-state index contributed by atoms with van der Waals surface area (Å²) in [4.78, 5) is 29.8. The Kier molecular flexibility index (Phi) is 7.40. The molecule has 0 radical (unpaired) electrons. The van der Waals surface area contributed by atoms with E-state index in [-0.39, 0.29) is 18.4 Å². The minimum atomic E-state index is -0.955. The van der Waals surface area contributed by atoms with Crippen molar-refractivity contribution < 1.29 is 14.7 Å². The van der Waals surface area contributed by atoms with Gasteiger partial charge in [-0.05, 0) is 39.0 Å². The average Bonchev–Trinajstić information content (AvgIpc) is 2.58. The second-order valence-corrected chi connectivity index (χ2v) is 7.02. The molecule has 1 atom stereocenters. The van der Waals surface area contributed by atoms with Gasteiger partial charge in [0.25, 0.3) is 0 Å². The average molecular weight is 347 g/mol. The molecule has 1 aliphatic heterocycles. The highest BCUT2D eigenvalue weighted by molar-refractivity contribution is 5.83. The molecular weight excluding hydrogens is 318 g/mol. The van der Waals surface area contributed by atoms with E-state index >= 15 is 0 Å². The van der Waals surface area contributed by atoms with E-state index in [1.807, 2.05) is 37.2 Å². The molecule has 1 amide bonds. The lowest BCUT2D eigenvalue weighted by Gasteiger charge is -2.35. The lowest BCUT2D eigenvalue weighted by atomic mass is 9.96. The molecule has 0 unspecified atom stereocenters. The lowest BCUT2D eigenvalue weighted by molar-refractivity contribution is -0.147. The molecule has 25 heavy (non-hydrogen) atoms. The highest BCUT2D eigenvalue weighted by Gasteiger charge is 2.30. The fourth-order valence-electron chi connectivity index (χ4n) is 3.25. The molecular formula is C19H29N3O3. The van der Waals surface area contributed by atoms with Crippen molar-refractivity contribution in [3.8, 4) is 0 Å². The number of carbonyl (C=O) groups excluding carboxylic acids is 1. The van der Waals surface area contributed by atoms with Gasteiger partial charge in [0.2, 0.25) is 5.91 Å². The van der Waals surface area contributed by atoms with E-state index in [1.165, 1.54) is 10.5 Å². The minimum Gasteiger partial charge on any atom is -0.480 e. The van der Waals surface area contributed by atoms with Crippen molar-refractivity contribution in [2.45, 2.75) is 19.4 Å². The van der Waals surface area contributed by atoms with Crippen LogP contribution in [0.3, 0.4) is 0 Å². The van der Waals surface area contributed by atoms with E-state index in [1.54, 1.807) is 0 Å². The van der Waals surface area contributed by atoms with E-state index < -0.39 is 5.97 Å². The summed E-state index contributed by atoms with van der Waals surface area (Å²) in [6.07, 6.45) is 1.81. The molecule has 1 N–H and O–H groups in total. The fraction of sp³-hybridized carbons (Fsp3) is 0.579. The SMILES string of the molecule is CN(C)CCN(CC(=O)O)C(=O)[C@@H]1CCCN(Cc2ccccc2)C1. The van der Waals surface area contributed by atoms with Crippen LogP contribution in [0.25, 0.3) is 0 Å². The Morgan fingerprint density at radius 1 is 1.20 bits per heavy atom. The summed E-state index contributed by atoms with van der Waals surface area (Å²) in [5.74, 6) is -1.09. The maximum absolute atomic E-state index is 12.9. The summed E-state index contributed by atoms with van der Waals surface area (Å²) in [6.45, 7) is 3.41. The summed E-state index contributed by atoms with van der Waals surface area (Å²) in [5.41, 5.74) is 1.24. The summed E-state index contributed by atoms with van der Waals surface area (Å²) < 4.78 is 0. The van der Waals surface area contributed by atoms with Crippen LogP contribution in [-0.4, -0.2) is 78.5 Å². The zero-order valence-corrected chi connectivity index (χ0v) is 15.2. The van der Waals surface area contributed by atoms with Crippen LogP contribution in [0.1, 0.15) is 18.4 Å². The number of hydrogen-bond acceptors (Lipinski definition) is 4. The highest BCUT2D eigenvalue weighted by atomic mass is 16.4. The number of carboxylic acids is 1. The molecule has 2 rings (SSSR count). The smallest absolute Gasteiger partial charge is 0.323 e. The Hall–Kier alpha value is -1.92. The van der Waals surface area contributed by atoms with Crippen LogP contribution in [0.15, 0.2) is 30.3 Å². The largest absolute Gasteiger partial charge is 0.480 e. The summed E-state index contributed by atoms with van der Waals surface area (Å²) in [5, 5.41) is 9.13. The van der Waals surface area contributed by atoms with Gasteiger partial charge in [-0.1, -0.05) is 30.3 Å². The minimum absolute atomic E-state index is 0.0259. The topological polar surface area (TPSA) is 64.1 Å². The molecule has 0 spiro atoms. The first-order valence-electron chi connectivity index (χ1n) is 8.87. The van der Waals surface area contributed by atoms with Crippen molar-refractivity contribution in [3.63, 3.8) is 0 Å². The number of piperidine rings is 1. The van der Waals surface area contributed by atoms with Crippen LogP contribution in [0.2, 0.25) is 0 Å². The monoisotopic (exact) mass is 347 g/mol. The van der Waals surface area contributed by atoms with E-state index in [0.29, 0.717) is 19.6 Å². The molecule has 1 aromatic carbocycles. The highest BCUT2D eigenvalue weighted by Crippen LogP contribution is 2.20. The molecule has 0 aromatic heterocycles. The van der Waals surface area contributed by atoms with Gasteiger partial charge in [0, 0.05) is 26.2 Å². The summed E-state index contributed by atoms with van der Waals surface area (Å²) in [7, 11) is 3.84. The Morgan fingerprint density at radius 3 is 2.56 bits per heavy atom. The number of amides is 1.